The number of aryl methyl sites for hydroxylation is 1. The Kier molecular flexibility index (Phi) is 3.39. The van der Waals surface area contributed by atoms with E-state index >= 15 is 0 Å². The van der Waals surface area contributed by atoms with Gasteiger partial charge >= 0.3 is 0 Å². The molecule has 5 nitrogen and oxygen atoms in total. The number of rotatable bonds is 4. The molecule has 118 valence electrons. The van der Waals surface area contributed by atoms with Gasteiger partial charge < -0.3 is 10.3 Å². The molecule has 2 heterocycles. The van der Waals surface area contributed by atoms with Crippen molar-refractivity contribution in [3.63, 3.8) is 0 Å². The van der Waals surface area contributed by atoms with Gasteiger partial charge in [0.2, 0.25) is 6.41 Å². The normalized spacial score (nSPS) is 10.9. The Hall–Kier alpha value is -3.34. The number of nitrogens with one attached hydrogen (secondary N) is 3. The second kappa shape index (κ2) is 5.70. The van der Waals surface area contributed by atoms with E-state index in [4.69, 9.17) is 0 Å². The van der Waals surface area contributed by atoms with Crippen molar-refractivity contribution in [2.75, 3.05) is 5.32 Å². The SMILES string of the molecule is Cc1ccc(-c2cc3c(-c4ccn[nH]4)ccc(NC=O)c3[nH]2)cc1. The van der Waals surface area contributed by atoms with Gasteiger partial charge in [-0.3, -0.25) is 9.89 Å². The van der Waals surface area contributed by atoms with Crippen molar-refractivity contribution < 1.29 is 4.79 Å². The Morgan fingerprint density at radius 2 is 1.88 bits per heavy atom. The van der Waals surface area contributed by atoms with Crippen LogP contribution in [-0.2, 0) is 4.79 Å². The summed E-state index contributed by atoms with van der Waals surface area (Å²) in [6.45, 7) is 2.07. The molecule has 0 saturated carbocycles. The van der Waals surface area contributed by atoms with Crippen molar-refractivity contribution in [1.29, 1.82) is 0 Å². The number of benzene rings is 2. The van der Waals surface area contributed by atoms with E-state index in [0.717, 1.165) is 39.1 Å². The molecule has 0 aliphatic carbocycles. The highest BCUT2D eigenvalue weighted by atomic mass is 16.1. The van der Waals surface area contributed by atoms with Crippen LogP contribution in [0.2, 0.25) is 0 Å². The van der Waals surface area contributed by atoms with Gasteiger partial charge in [-0.15, -0.1) is 0 Å². The van der Waals surface area contributed by atoms with Crippen LogP contribution in [0.25, 0.3) is 33.4 Å². The predicted molar refractivity (Wildman–Crippen MR) is 95.7 cm³/mol. The number of carbonyl (C=O) groups excluding carboxylic acids is 1. The van der Waals surface area contributed by atoms with Gasteiger partial charge in [-0.05, 0) is 30.7 Å². The highest BCUT2D eigenvalue weighted by Gasteiger charge is 2.13. The zero-order chi connectivity index (χ0) is 16.5. The van der Waals surface area contributed by atoms with Crippen LogP contribution >= 0.6 is 0 Å². The van der Waals surface area contributed by atoms with E-state index < -0.39 is 0 Å². The van der Waals surface area contributed by atoms with Crippen molar-refractivity contribution >= 4 is 23.0 Å². The van der Waals surface area contributed by atoms with E-state index in [2.05, 4.69) is 57.8 Å². The number of anilines is 1. The van der Waals surface area contributed by atoms with Gasteiger partial charge in [-0.1, -0.05) is 35.9 Å². The maximum Gasteiger partial charge on any atom is 0.211 e. The molecular formula is C19H16N4O. The first-order chi connectivity index (χ1) is 11.8. The fourth-order valence-electron chi connectivity index (χ4n) is 2.93. The molecule has 3 N–H and O–H groups in total. The standard InChI is InChI=1S/C19H16N4O/c1-12-2-4-13(5-3-12)18-10-15-14(16-8-9-21-23-16)6-7-17(20-11-24)19(15)22-18/h2-11,22H,1H3,(H,20,24)(H,21,23). The number of hydrogen-bond acceptors (Lipinski definition) is 2. The minimum atomic E-state index is 0.692. The average Bonchev–Trinajstić information content (AvgIpc) is 3.26. The third kappa shape index (κ3) is 2.36. The lowest BCUT2D eigenvalue weighted by molar-refractivity contribution is -0.105. The van der Waals surface area contributed by atoms with Crippen molar-refractivity contribution in [3.05, 3.63) is 60.3 Å². The predicted octanol–water partition coefficient (Wildman–Crippen LogP) is 4.10. The van der Waals surface area contributed by atoms with Gasteiger partial charge in [-0.2, -0.15) is 5.10 Å². The van der Waals surface area contributed by atoms with E-state index in [0.29, 0.717) is 6.41 Å². The number of nitrogens with zero attached hydrogens (tertiary/aromatic N) is 1. The molecule has 0 radical (unpaired) electrons. The molecule has 2 aromatic heterocycles. The monoisotopic (exact) mass is 316 g/mol. The Morgan fingerprint density at radius 3 is 2.58 bits per heavy atom. The second-order valence-corrected chi connectivity index (χ2v) is 5.73. The summed E-state index contributed by atoms with van der Waals surface area (Å²) < 4.78 is 0. The van der Waals surface area contributed by atoms with Crippen molar-refractivity contribution in [2.24, 2.45) is 0 Å². The summed E-state index contributed by atoms with van der Waals surface area (Å²) in [6.07, 6.45) is 2.42. The molecule has 4 aromatic rings. The number of aromatic amines is 2. The van der Waals surface area contributed by atoms with Crippen LogP contribution in [0.15, 0.2) is 54.7 Å². The van der Waals surface area contributed by atoms with Crippen LogP contribution in [0.3, 0.4) is 0 Å². The zero-order valence-corrected chi connectivity index (χ0v) is 13.1. The minimum Gasteiger partial charge on any atom is -0.353 e. The summed E-state index contributed by atoms with van der Waals surface area (Å²) in [6, 6.07) is 16.2. The third-order valence-electron chi connectivity index (χ3n) is 4.16. The Bertz CT molecular complexity index is 998. The molecule has 0 atom stereocenters. The number of amides is 1. The molecule has 0 unspecified atom stereocenters. The Morgan fingerprint density at radius 1 is 1.04 bits per heavy atom. The summed E-state index contributed by atoms with van der Waals surface area (Å²) in [5.74, 6) is 0. The lowest BCUT2D eigenvalue weighted by atomic mass is 10.0. The van der Waals surface area contributed by atoms with Gasteiger partial charge in [0.15, 0.2) is 0 Å². The van der Waals surface area contributed by atoms with Crippen LogP contribution < -0.4 is 5.32 Å². The lowest BCUT2D eigenvalue weighted by Crippen LogP contribution is -1.95. The van der Waals surface area contributed by atoms with Crippen LogP contribution in [0.5, 0.6) is 0 Å². The lowest BCUT2D eigenvalue weighted by Gasteiger charge is -2.05. The van der Waals surface area contributed by atoms with Crippen molar-refractivity contribution in [2.45, 2.75) is 6.92 Å². The molecule has 0 spiro atoms. The number of carbonyl (C=O) groups is 1. The van der Waals surface area contributed by atoms with Gasteiger partial charge in [0.1, 0.15) is 0 Å². The largest absolute Gasteiger partial charge is 0.353 e. The summed E-state index contributed by atoms with van der Waals surface area (Å²) in [5, 5.41) is 10.8. The zero-order valence-electron chi connectivity index (χ0n) is 13.1. The maximum atomic E-state index is 10.9. The van der Waals surface area contributed by atoms with E-state index in [9.17, 15) is 4.79 Å². The van der Waals surface area contributed by atoms with E-state index in [1.807, 2.05) is 18.2 Å². The molecular weight excluding hydrogens is 300 g/mol. The molecule has 0 fully saturated rings. The highest BCUT2D eigenvalue weighted by Crippen LogP contribution is 2.35. The molecule has 2 aromatic carbocycles. The van der Waals surface area contributed by atoms with E-state index in [1.54, 1.807) is 6.20 Å². The van der Waals surface area contributed by atoms with E-state index in [1.165, 1.54) is 5.56 Å². The number of aromatic nitrogens is 3. The van der Waals surface area contributed by atoms with E-state index in [-0.39, 0.29) is 0 Å². The molecule has 0 bridgehead atoms. The number of hydrogen-bond donors (Lipinski definition) is 3. The molecule has 0 aliphatic heterocycles. The van der Waals surface area contributed by atoms with Gasteiger partial charge in [0.25, 0.3) is 0 Å². The third-order valence-corrected chi connectivity index (χ3v) is 4.16. The summed E-state index contributed by atoms with van der Waals surface area (Å²) in [7, 11) is 0. The van der Waals surface area contributed by atoms with Gasteiger partial charge in [0.05, 0.1) is 16.9 Å². The topological polar surface area (TPSA) is 73.6 Å². The van der Waals surface area contributed by atoms with Crippen molar-refractivity contribution in [1.82, 2.24) is 15.2 Å². The Labute approximate surface area is 138 Å². The van der Waals surface area contributed by atoms with Gasteiger partial charge in [0, 0.05) is 22.8 Å². The first-order valence-electron chi connectivity index (χ1n) is 7.69. The fourth-order valence-corrected chi connectivity index (χ4v) is 2.93. The average molecular weight is 316 g/mol. The van der Waals surface area contributed by atoms with Crippen LogP contribution in [0, 0.1) is 6.92 Å². The summed E-state index contributed by atoms with van der Waals surface area (Å²) in [5.41, 5.74) is 6.94. The maximum absolute atomic E-state index is 10.9. The van der Waals surface area contributed by atoms with Crippen LogP contribution in [0.1, 0.15) is 5.56 Å². The molecule has 24 heavy (non-hydrogen) atoms. The molecule has 5 heteroatoms. The molecule has 4 rings (SSSR count). The molecule has 0 aliphatic rings. The minimum absolute atomic E-state index is 0.692. The number of H-pyrrole nitrogens is 2. The molecule has 0 saturated heterocycles. The first kappa shape index (κ1) is 14.3. The Balaban J connectivity index is 1.95. The van der Waals surface area contributed by atoms with Gasteiger partial charge in [-0.25, -0.2) is 0 Å². The fraction of sp³-hybridized carbons (Fsp3) is 0.0526. The molecule has 1 amide bonds. The van der Waals surface area contributed by atoms with Crippen molar-refractivity contribution in [3.8, 4) is 22.5 Å². The quantitative estimate of drug-likeness (QED) is 0.496. The first-order valence-corrected chi connectivity index (χ1v) is 7.69. The summed E-state index contributed by atoms with van der Waals surface area (Å²) >= 11 is 0. The summed E-state index contributed by atoms with van der Waals surface area (Å²) in [4.78, 5) is 14.3. The van der Waals surface area contributed by atoms with Crippen LogP contribution in [-0.4, -0.2) is 21.6 Å². The second-order valence-electron chi connectivity index (χ2n) is 5.73. The number of fused-ring (bicyclic) bond motifs is 1. The smallest absolute Gasteiger partial charge is 0.211 e. The van der Waals surface area contributed by atoms with Crippen LogP contribution in [0.4, 0.5) is 5.69 Å². The highest BCUT2D eigenvalue weighted by molar-refractivity contribution is 6.05.